The van der Waals surface area contributed by atoms with E-state index >= 15 is 0 Å². The molecule has 0 fully saturated rings. The predicted molar refractivity (Wildman–Crippen MR) is 59.0 cm³/mol. The van der Waals surface area contributed by atoms with E-state index in [2.05, 4.69) is 2.51 Å². The first-order valence-corrected chi connectivity index (χ1v) is 6.87. The number of halogens is 1. The van der Waals surface area contributed by atoms with Gasteiger partial charge in [-0.25, -0.2) is 0 Å². The third-order valence-corrected chi connectivity index (χ3v) is 4.60. The van der Waals surface area contributed by atoms with Gasteiger partial charge in [0.1, 0.15) is 0 Å². The standard InChI is InChI=1S/C6H6INO6S/c9-7-14-15(12,13)6-3-1-5(2-4-6)8(10)11/h1-4,7,9H. The van der Waals surface area contributed by atoms with Crippen molar-refractivity contribution in [2.45, 2.75) is 4.90 Å². The van der Waals surface area contributed by atoms with Crippen LogP contribution in [0.2, 0.25) is 0 Å². The molecule has 0 aliphatic heterocycles. The summed E-state index contributed by atoms with van der Waals surface area (Å²) in [6.45, 7) is 0. The number of non-ortho nitro benzene ring substituents is 1. The molecule has 0 saturated carbocycles. The average Bonchev–Trinajstić information content (AvgIpc) is 2.18. The zero-order chi connectivity index (χ0) is 11.5. The van der Waals surface area contributed by atoms with Crippen LogP contribution in [-0.4, -0.2) is 16.8 Å². The topological polar surface area (TPSA) is 107 Å². The van der Waals surface area contributed by atoms with E-state index in [1.807, 2.05) is 0 Å². The molecule has 0 aromatic heterocycles. The van der Waals surface area contributed by atoms with E-state index in [0.29, 0.717) is 0 Å². The maximum atomic E-state index is 11.2. The van der Waals surface area contributed by atoms with Crippen LogP contribution < -0.4 is 0 Å². The van der Waals surface area contributed by atoms with Gasteiger partial charge in [-0.05, 0) is 0 Å². The van der Waals surface area contributed by atoms with Gasteiger partial charge in [-0.1, -0.05) is 0 Å². The fourth-order valence-corrected chi connectivity index (χ4v) is 2.80. The Kier molecular flexibility index (Phi) is 3.96. The Morgan fingerprint density at radius 1 is 1.33 bits per heavy atom. The van der Waals surface area contributed by atoms with Crippen molar-refractivity contribution in [1.82, 2.24) is 0 Å². The quantitative estimate of drug-likeness (QED) is 0.491. The Hall–Kier alpha value is -0.780. The second-order valence-corrected chi connectivity index (χ2v) is 5.45. The van der Waals surface area contributed by atoms with E-state index in [0.717, 1.165) is 24.3 Å². The number of hydrogen-bond acceptors (Lipinski definition) is 6. The Bertz CT molecular complexity index is 455. The molecule has 1 aromatic carbocycles. The van der Waals surface area contributed by atoms with Gasteiger partial charge in [0.15, 0.2) is 0 Å². The van der Waals surface area contributed by atoms with Crippen LogP contribution in [0.4, 0.5) is 5.69 Å². The van der Waals surface area contributed by atoms with Crippen LogP contribution in [0.15, 0.2) is 29.2 Å². The van der Waals surface area contributed by atoms with E-state index in [1.165, 1.54) is 0 Å². The van der Waals surface area contributed by atoms with E-state index in [4.69, 9.17) is 3.44 Å². The Balaban J connectivity index is 3.04. The van der Waals surface area contributed by atoms with E-state index in [9.17, 15) is 18.5 Å². The molecule has 9 heteroatoms. The molecule has 0 atom stereocenters. The third kappa shape index (κ3) is 3.09. The molecule has 0 spiro atoms. The maximum absolute atomic E-state index is 11.2. The van der Waals surface area contributed by atoms with Gasteiger partial charge >= 0.3 is 96.4 Å². The summed E-state index contributed by atoms with van der Waals surface area (Å²) in [6, 6.07) is 4.20. The van der Waals surface area contributed by atoms with E-state index in [-0.39, 0.29) is 10.6 Å². The molecule has 0 aliphatic rings. The normalized spacial score (nSPS) is 11.5. The van der Waals surface area contributed by atoms with E-state index < -0.39 is 37.1 Å². The molecule has 0 aliphatic carbocycles. The fraction of sp³-hybridized carbons (Fsp3) is 0. The van der Waals surface area contributed by atoms with Gasteiger partial charge in [-0.3, -0.25) is 0 Å². The van der Waals surface area contributed by atoms with Crippen LogP contribution >= 0.6 is 22.0 Å². The Morgan fingerprint density at radius 3 is 2.27 bits per heavy atom. The van der Waals surface area contributed by atoms with Crippen LogP contribution in [0.1, 0.15) is 0 Å². The van der Waals surface area contributed by atoms with Crippen molar-refractivity contribution in [2.24, 2.45) is 0 Å². The zero-order valence-corrected chi connectivity index (χ0v) is 10.2. The molecular weight excluding hydrogens is 341 g/mol. The van der Waals surface area contributed by atoms with Crippen LogP contribution in [0, 0.1) is 10.1 Å². The first kappa shape index (κ1) is 12.3. The summed E-state index contributed by atoms with van der Waals surface area (Å²) < 4.78 is 35.0. The van der Waals surface area contributed by atoms with Gasteiger partial charge in [0.2, 0.25) is 0 Å². The zero-order valence-electron chi connectivity index (χ0n) is 7.06. The van der Waals surface area contributed by atoms with Crippen molar-refractivity contribution in [1.29, 1.82) is 0 Å². The summed E-state index contributed by atoms with van der Waals surface area (Å²) in [4.78, 5) is 9.42. The second kappa shape index (κ2) is 4.83. The number of rotatable bonds is 4. The summed E-state index contributed by atoms with van der Waals surface area (Å²) >= 11 is -2.01. The SMILES string of the molecule is O=[N+]([O-])c1ccc(S(=O)(=O)O[IH]O)cc1. The molecule has 15 heavy (non-hydrogen) atoms. The first-order valence-electron chi connectivity index (χ1n) is 3.46. The molecule has 84 valence electrons. The summed E-state index contributed by atoms with van der Waals surface area (Å²) in [5.74, 6) is 0. The molecule has 1 N–H and O–H groups in total. The third-order valence-electron chi connectivity index (χ3n) is 1.46. The molecule has 0 bridgehead atoms. The predicted octanol–water partition coefficient (Wildman–Crippen LogP) is 0.825. The number of benzene rings is 1. The summed E-state index contributed by atoms with van der Waals surface area (Å²) in [5.41, 5.74) is -0.214. The number of nitro benzene ring substituents is 1. The minimum absolute atomic E-state index is 0.214. The Morgan fingerprint density at radius 2 is 1.87 bits per heavy atom. The van der Waals surface area contributed by atoms with Crippen LogP contribution in [-0.2, 0) is 12.6 Å². The molecule has 0 unspecified atom stereocenters. The monoisotopic (exact) mass is 347 g/mol. The second-order valence-electron chi connectivity index (χ2n) is 2.35. The van der Waals surface area contributed by atoms with Gasteiger partial charge in [-0.2, -0.15) is 0 Å². The van der Waals surface area contributed by atoms with Crippen LogP contribution in [0.25, 0.3) is 0 Å². The van der Waals surface area contributed by atoms with Gasteiger partial charge in [0.25, 0.3) is 0 Å². The van der Waals surface area contributed by atoms with Crippen molar-refractivity contribution in [3.05, 3.63) is 34.4 Å². The van der Waals surface area contributed by atoms with E-state index in [1.54, 1.807) is 0 Å². The molecule has 0 saturated heterocycles. The number of hydrogen-bond donors (Lipinski definition) is 1. The molecular formula is C6H6INO6S. The molecule has 7 nitrogen and oxygen atoms in total. The van der Waals surface area contributed by atoms with Crippen molar-refractivity contribution >= 4 is 37.8 Å². The fourth-order valence-electron chi connectivity index (χ4n) is 0.814. The van der Waals surface area contributed by atoms with Crippen molar-refractivity contribution in [3.63, 3.8) is 0 Å². The number of nitro groups is 1. The molecule has 0 radical (unpaired) electrons. The first-order chi connectivity index (χ1) is 6.97. The summed E-state index contributed by atoms with van der Waals surface area (Å²) in [7, 11) is -3.97. The molecule has 0 heterocycles. The summed E-state index contributed by atoms with van der Waals surface area (Å²) in [6.07, 6.45) is 0. The minimum atomic E-state index is -3.97. The van der Waals surface area contributed by atoms with Crippen molar-refractivity contribution < 1.29 is 19.3 Å². The number of nitrogens with zero attached hydrogens (tertiary/aromatic N) is 1. The van der Waals surface area contributed by atoms with Gasteiger partial charge in [-0.15, -0.1) is 0 Å². The van der Waals surface area contributed by atoms with Crippen molar-refractivity contribution in [2.75, 3.05) is 0 Å². The van der Waals surface area contributed by atoms with Gasteiger partial charge < -0.3 is 0 Å². The molecule has 0 amide bonds. The Labute approximate surface area is 96.3 Å². The summed E-state index contributed by atoms with van der Waals surface area (Å²) in [5, 5.41) is 10.3. The average molecular weight is 347 g/mol. The van der Waals surface area contributed by atoms with Crippen LogP contribution in [0.3, 0.4) is 0 Å². The van der Waals surface area contributed by atoms with Crippen LogP contribution in [0.5, 0.6) is 0 Å². The van der Waals surface area contributed by atoms with Gasteiger partial charge in [0, 0.05) is 0 Å². The molecule has 1 aromatic rings. The van der Waals surface area contributed by atoms with Crippen molar-refractivity contribution in [3.8, 4) is 0 Å². The molecule has 1 rings (SSSR count). The van der Waals surface area contributed by atoms with Gasteiger partial charge in [0.05, 0.1) is 0 Å².